The number of carbonyl (C=O) groups is 3. The third-order valence-corrected chi connectivity index (χ3v) is 4.74. The van der Waals surface area contributed by atoms with Crippen molar-refractivity contribution in [1.29, 1.82) is 0 Å². The molecule has 0 radical (unpaired) electrons. The Hall–Kier alpha value is -3.29. The summed E-state index contributed by atoms with van der Waals surface area (Å²) in [6.45, 7) is 5.38. The van der Waals surface area contributed by atoms with E-state index in [0.717, 1.165) is 28.2 Å². The highest BCUT2D eigenvalue weighted by Gasteiger charge is 2.28. The van der Waals surface area contributed by atoms with Gasteiger partial charge in [-0.1, -0.05) is 12.1 Å². The summed E-state index contributed by atoms with van der Waals surface area (Å²) in [7, 11) is 1.42. The van der Waals surface area contributed by atoms with Crippen molar-refractivity contribution in [1.82, 2.24) is 10.3 Å². The number of hydrogen-bond acceptors (Lipinski definition) is 5. The second-order valence-corrected chi connectivity index (χ2v) is 7.59. The smallest absolute Gasteiger partial charge is 0.328 e. The van der Waals surface area contributed by atoms with Crippen LogP contribution in [0.4, 0.5) is 0 Å². The van der Waals surface area contributed by atoms with E-state index in [1.54, 1.807) is 13.8 Å². The van der Waals surface area contributed by atoms with E-state index in [4.69, 9.17) is 15.0 Å². The summed E-state index contributed by atoms with van der Waals surface area (Å²) in [5.74, 6) is -1.61. The van der Waals surface area contributed by atoms with Crippen LogP contribution in [0.15, 0.2) is 24.4 Å². The summed E-state index contributed by atoms with van der Waals surface area (Å²) in [6, 6.07) is 4.96. The van der Waals surface area contributed by atoms with Gasteiger partial charge in [0.2, 0.25) is 11.7 Å². The van der Waals surface area contributed by atoms with Crippen molar-refractivity contribution in [3.8, 4) is 0 Å². The number of hydrogen-bond donors (Lipinski definition) is 2. The number of fused-ring (bicyclic) bond motifs is 1. The molecule has 0 unspecified atom stereocenters. The number of ketones is 1. The third-order valence-electron chi connectivity index (χ3n) is 4.74. The minimum Gasteiger partial charge on any atom is -0.461 e. The average Bonchev–Trinajstić information content (AvgIpc) is 3.10. The highest BCUT2D eigenvalue weighted by atomic mass is 16.5. The van der Waals surface area contributed by atoms with E-state index in [1.807, 2.05) is 31.3 Å². The zero-order valence-electron chi connectivity index (χ0n) is 18.2. The van der Waals surface area contributed by atoms with Gasteiger partial charge in [0, 0.05) is 37.1 Å². The lowest BCUT2D eigenvalue weighted by molar-refractivity contribution is -0.152. The van der Waals surface area contributed by atoms with Crippen LogP contribution in [0.3, 0.4) is 0 Å². The third kappa shape index (κ3) is 6.87. The molecule has 166 valence electrons. The highest BCUT2D eigenvalue weighted by molar-refractivity contribution is 6.25. The van der Waals surface area contributed by atoms with E-state index in [9.17, 15) is 14.4 Å². The second-order valence-electron chi connectivity index (χ2n) is 7.59. The van der Waals surface area contributed by atoms with Crippen molar-refractivity contribution < 1.29 is 28.6 Å². The van der Waals surface area contributed by atoms with Gasteiger partial charge in [-0.3, -0.25) is 9.59 Å². The molecule has 0 saturated heterocycles. The topological polar surface area (TPSA) is 134 Å². The van der Waals surface area contributed by atoms with Crippen molar-refractivity contribution in [3.05, 3.63) is 41.1 Å². The van der Waals surface area contributed by atoms with E-state index >= 15 is 0 Å². The fourth-order valence-electron chi connectivity index (χ4n) is 3.20. The van der Waals surface area contributed by atoms with Gasteiger partial charge in [-0.25, -0.2) is 4.79 Å². The summed E-state index contributed by atoms with van der Waals surface area (Å²) in [6.07, 6.45) is 1.57. The average molecular weight is 428 g/mol. The lowest BCUT2D eigenvalue weighted by atomic mass is 10.0. The molecular weight excluding hydrogens is 400 g/mol. The van der Waals surface area contributed by atoms with Gasteiger partial charge < -0.3 is 25.3 Å². The molecule has 0 aliphatic heterocycles. The first kappa shape index (κ1) is 24.0. The number of aromatic nitrogens is 1. The molecular formula is C22H28N4O5. The normalized spacial score (nSPS) is 12.8. The van der Waals surface area contributed by atoms with Gasteiger partial charge in [-0.05, 0) is 44.4 Å². The summed E-state index contributed by atoms with van der Waals surface area (Å²) in [5.41, 5.74) is 11.5. The molecule has 1 heterocycles. The van der Waals surface area contributed by atoms with Crippen LogP contribution in [-0.2, 0) is 30.3 Å². The highest BCUT2D eigenvalue weighted by Crippen LogP contribution is 2.21. The molecule has 2 N–H and O–H groups in total. The number of Topliss-reactive ketones (excluding diaryl/α,β-unsaturated/α-hetero) is 1. The molecule has 0 spiro atoms. The number of nitrogens with one attached hydrogen (secondary N) is 2. The number of benzene rings is 1. The summed E-state index contributed by atoms with van der Waals surface area (Å²) in [5, 5.41) is 3.62. The van der Waals surface area contributed by atoms with Crippen molar-refractivity contribution in [2.75, 3.05) is 7.11 Å². The Balaban J connectivity index is 2.13. The monoisotopic (exact) mass is 428 g/mol. The summed E-state index contributed by atoms with van der Waals surface area (Å²) >= 11 is 0. The molecule has 0 saturated carbocycles. The van der Waals surface area contributed by atoms with Crippen LogP contribution in [-0.4, -0.2) is 59.0 Å². The Morgan fingerprint density at radius 1 is 1.29 bits per heavy atom. The van der Waals surface area contributed by atoms with E-state index in [-0.39, 0.29) is 18.9 Å². The van der Waals surface area contributed by atoms with Crippen LogP contribution < -0.4 is 5.32 Å². The zero-order valence-corrected chi connectivity index (χ0v) is 18.2. The Morgan fingerprint density at radius 2 is 2.03 bits per heavy atom. The maximum absolute atomic E-state index is 12.9. The number of aryl methyl sites for hydroxylation is 1. The Bertz CT molecular complexity index is 991. The molecule has 1 amide bonds. The van der Waals surface area contributed by atoms with Crippen molar-refractivity contribution in [2.24, 2.45) is 0 Å². The molecule has 2 atom stereocenters. The van der Waals surface area contributed by atoms with Crippen LogP contribution in [0.25, 0.3) is 16.4 Å². The molecule has 9 nitrogen and oxygen atoms in total. The predicted octanol–water partition coefficient (Wildman–Crippen LogP) is 2.12. The maximum Gasteiger partial charge on any atom is 0.328 e. The fraction of sp³-hybridized carbons (Fsp3) is 0.455. The summed E-state index contributed by atoms with van der Waals surface area (Å²) < 4.78 is 10.6. The summed E-state index contributed by atoms with van der Waals surface area (Å²) in [4.78, 5) is 42.8. The number of methoxy groups -OCH3 is 1. The standard InChI is InChI=1S/C22H28N4O5/c1-13(2)31-22(29)18(8-6-16(27)12-25-23)26-21(28)20(30-4)10-15-11-24-19-9-14(3)5-7-17(15)19/h5,7,9,11-13,18,20,24H,6,8,10H2,1-4H3,(H,26,28)/t18-,20-/m0/s1. The van der Waals surface area contributed by atoms with E-state index in [1.165, 1.54) is 7.11 Å². The van der Waals surface area contributed by atoms with Crippen LogP contribution in [0.2, 0.25) is 0 Å². The first-order chi connectivity index (χ1) is 14.7. The molecule has 9 heteroatoms. The van der Waals surface area contributed by atoms with Crippen molar-refractivity contribution >= 4 is 34.8 Å². The van der Waals surface area contributed by atoms with Gasteiger partial charge in [-0.2, -0.15) is 4.79 Å². The molecule has 0 aliphatic carbocycles. The molecule has 2 aromatic rings. The molecule has 0 aliphatic rings. The van der Waals surface area contributed by atoms with Crippen LogP contribution in [0, 0.1) is 6.92 Å². The number of esters is 1. The second kappa shape index (κ2) is 11.2. The minimum atomic E-state index is -1.03. The van der Waals surface area contributed by atoms with E-state index in [0.29, 0.717) is 6.42 Å². The van der Waals surface area contributed by atoms with Gasteiger partial charge in [0.25, 0.3) is 0 Å². The predicted molar refractivity (Wildman–Crippen MR) is 115 cm³/mol. The lowest BCUT2D eigenvalue weighted by Crippen LogP contribution is -2.48. The Labute approximate surface area is 180 Å². The number of nitrogens with zero attached hydrogens (tertiary/aromatic N) is 2. The quantitative estimate of drug-likeness (QED) is 0.245. The first-order valence-electron chi connectivity index (χ1n) is 10.1. The zero-order chi connectivity index (χ0) is 23.0. The van der Waals surface area contributed by atoms with Gasteiger partial charge in [0.1, 0.15) is 12.1 Å². The molecule has 1 aromatic heterocycles. The van der Waals surface area contributed by atoms with Crippen molar-refractivity contribution in [2.45, 2.75) is 58.3 Å². The largest absolute Gasteiger partial charge is 0.461 e. The number of amides is 1. The maximum atomic E-state index is 12.9. The molecule has 0 fully saturated rings. The van der Waals surface area contributed by atoms with Gasteiger partial charge in [0.15, 0.2) is 0 Å². The Morgan fingerprint density at radius 3 is 2.68 bits per heavy atom. The van der Waals surface area contributed by atoms with Gasteiger partial charge in [0.05, 0.1) is 6.10 Å². The van der Waals surface area contributed by atoms with Crippen LogP contribution in [0.1, 0.15) is 37.8 Å². The van der Waals surface area contributed by atoms with Gasteiger partial charge in [-0.15, -0.1) is 0 Å². The SMILES string of the molecule is CO[C@@H](Cc1c[nH]c2cc(C)ccc12)C(=O)N[C@@H](CCC(=O)C=[N+]=[N-])C(=O)OC(C)C. The van der Waals surface area contributed by atoms with Crippen LogP contribution >= 0.6 is 0 Å². The van der Waals surface area contributed by atoms with Crippen LogP contribution in [0.5, 0.6) is 0 Å². The Kier molecular flexibility index (Phi) is 8.66. The van der Waals surface area contributed by atoms with E-state index < -0.39 is 29.8 Å². The minimum absolute atomic E-state index is 0.00490. The fourth-order valence-corrected chi connectivity index (χ4v) is 3.20. The number of carbonyl (C=O) groups excluding carboxylic acids is 3. The van der Waals surface area contributed by atoms with Crippen molar-refractivity contribution in [3.63, 3.8) is 0 Å². The number of rotatable bonds is 11. The number of H-pyrrole nitrogens is 1. The molecule has 31 heavy (non-hydrogen) atoms. The first-order valence-corrected chi connectivity index (χ1v) is 10.1. The molecule has 0 bridgehead atoms. The number of aromatic amines is 1. The van der Waals surface area contributed by atoms with E-state index in [2.05, 4.69) is 15.1 Å². The van der Waals surface area contributed by atoms with Gasteiger partial charge >= 0.3 is 12.2 Å². The molecule has 2 rings (SSSR count). The lowest BCUT2D eigenvalue weighted by Gasteiger charge is -2.21. The molecule has 1 aromatic carbocycles. The number of ether oxygens (including phenoxy) is 2.